The zero-order valence-electron chi connectivity index (χ0n) is 17.6. The predicted molar refractivity (Wildman–Crippen MR) is 137 cm³/mol. The van der Waals surface area contributed by atoms with Gasteiger partial charge in [0, 0.05) is 9.92 Å². The minimum absolute atomic E-state index is 0.0428. The lowest BCUT2D eigenvalue weighted by Gasteiger charge is -2.13. The molecule has 0 atom stereocenters. The largest absolute Gasteiger partial charge is 0.272 e. The van der Waals surface area contributed by atoms with Gasteiger partial charge in [-0.15, -0.1) is 11.8 Å². The number of thioether (sulfide) groups is 2. The van der Waals surface area contributed by atoms with E-state index in [9.17, 15) is 9.59 Å². The molecule has 1 aromatic heterocycles. The number of amides is 1. The molecule has 9 heteroatoms. The van der Waals surface area contributed by atoms with E-state index in [1.807, 2.05) is 36.6 Å². The van der Waals surface area contributed by atoms with E-state index >= 15 is 0 Å². The fourth-order valence-corrected chi connectivity index (χ4v) is 4.40. The monoisotopic (exact) mass is 494 g/mol. The first-order valence-electron chi connectivity index (χ1n) is 9.91. The molecule has 6 nitrogen and oxygen atoms in total. The Morgan fingerprint density at radius 2 is 1.82 bits per heavy atom. The highest BCUT2D eigenvalue weighted by atomic mass is 35.5. The van der Waals surface area contributed by atoms with Crippen LogP contribution in [0.15, 0.2) is 92.7 Å². The van der Waals surface area contributed by atoms with Crippen LogP contribution in [0.3, 0.4) is 0 Å². The van der Waals surface area contributed by atoms with Crippen molar-refractivity contribution in [3.8, 4) is 5.69 Å². The first-order valence-corrected chi connectivity index (χ1v) is 12.5. The number of halogens is 1. The van der Waals surface area contributed by atoms with Gasteiger partial charge in [-0.3, -0.25) is 14.2 Å². The van der Waals surface area contributed by atoms with Crippen molar-refractivity contribution in [1.29, 1.82) is 0 Å². The van der Waals surface area contributed by atoms with Crippen molar-refractivity contribution in [3.05, 3.63) is 93.7 Å². The molecular formula is C24H19ClN4O2S2. The second-order valence-electron chi connectivity index (χ2n) is 6.88. The van der Waals surface area contributed by atoms with Crippen molar-refractivity contribution in [1.82, 2.24) is 15.0 Å². The minimum atomic E-state index is -0.304. The molecule has 0 unspecified atom stereocenters. The maximum atomic E-state index is 13.2. The van der Waals surface area contributed by atoms with Crippen LogP contribution in [-0.2, 0) is 4.79 Å². The first-order chi connectivity index (χ1) is 16.0. The zero-order valence-corrected chi connectivity index (χ0v) is 20.0. The predicted octanol–water partition coefficient (Wildman–Crippen LogP) is 5.00. The van der Waals surface area contributed by atoms with Crippen LogP contribution >= 0.6 is 35.1 Å². The van der Waals surface area contributed by atoms with Crippen LogP contribution in [0.2, 0.25) is 5.02 Å². The molecule has 33 heavy (non-hydrogen) atoms. The summed E-state index contributed by atoms with van der Waals surface area (Å²) in [4.78, 5) is 31.3. The molecule has 0 spiro atoms. The lowest BCUT2D eigenvalue weighted by atomic mass is 10.2. The maximum absolute atomic E-state index is 13.2. The number of para-hydroxylation sites is 1. The molecule has 0 bridgehead atoms. The number of benzene rings is 3. The molecule has 166 valence electrons. The highest BCUT2D eigenvalue weighted by molar-refractivity contribution is 7.99. The summed E-state index contributed by atoms with van der Waals surface area (Å²) < 4.78 is 1.49. The third kappa shape index (κ3) is 5.65. The molecule has 0 saturated heterocycles. The van der Waals surface area contributed by atoms with Gasteiger partial charge in [-0.1, -0.05) is 47.6 Å². The van der Waals surface area contributed by atoms with Gasteiger partial charge in [0.25, 0.3) is 11.5 Å². The molecule has 4 rings (SSSR count). The second kappa shape index (κ2) is 10.7. The van der Waals surface area contributed by atoms with Crippen molar-refractivity contribution in [2.45, 2.75) is 10.1 Å². The van der Waals surface area contributed by atoms with Crippen LogP contribution in [0.4, 0.5) is 0 Å². The molecule has 0 saturated carbocycles. The number of nitrogens with one attached hydrogen (secondary N) is 1. The van der Waals surface area contributed by atoms with E-state index in [2.05, 4.69) is 15.5 Å². The third-order valence-electron chi connectivity index (χ3n) is 4.68. The molecular weight excluding hydrogens is 476 g/mol. The van der Waals surface area contributed by atoms with Crippen LogP contribution < -0.4 is 11.0 Å². The first kappa shape index (κ1) is 23.1. The summed E-state index contributed by atoms with van der Waals surface area (Å²) in [7, 11) is 0. The molecule has 1 amide bonds. The molecule has 0 radical (unpaired) electrons. The molecule has 1 heterocycles. The maximum Gasteiger partial charge on any atom is 0.266 e. The van der Waals surface area contributed by atoms with Gasteiger partial charge in [0.15, 0.2) is 5.16 Å². The summed E-state index contributed by atoms with van der Waals surface area (Å²) in [5, 5.41) is 5.49. The summed E-state index contributed by atoms with van der Waals surface area (Å²) in [6.45, 7) is 0. The zero-order chi connectivity index (χ0) is 23.2. The van der Waals surface area contributed by atoms with Crippen molar-refractivity contribution in [2.75, 3.05) is 12.0 Å². The van der Waals surface area contributed by atoms with Gasteiger partial charge in [-0.05, 0) is 60.4 Å². The van der Waals surface area contributed by atoms with Crippen LogP contribution in [0.5, 0.6) is 0 Å². The molecule has 0 aliphatic rings. The van der Waals surface area contributed by atoms with Gasteiger partial charge in [0.1, 0.15) is 0 Å². The molecule has 1 N–H and O–H groups in total. The number of hydrogen-bond donors (Lipinski definition) is 1. The van der Waals surface area contributed by atoms with E-state index in [-0.39, 0.29) is 17.2 Å². The summed E-state index contributed by atoms with van der Waals surface area (Å²) in [5.41, 5.74) is 4.39. The van der Waals surface area contributed by atoms with E-state index < -0.39 is 0 Å². The fraction of sp³-hybridized carbons (Fsp3) is 0.0833. The fourth-order valence-electron chi connectivity index (χ4n) is 3.06. The Morgan fingerprint density at radius 1 is 1.09 bits per heavy atom. The lowest BCUT2D eigenvalue weighted by Crippen LogP contribution is -2.24. The van der Waals surface area contributed by atoms with Gasteiger partial charge in [-0.2, -0.15) is 5.10 Å². The topological polar surface area (TPSA) is 76.3 Å². The minimum Gasteiger partial charge on any atom is -0.272 e. The highest BCUT2D eigenvalue weighted by Gasteiger charge is 2.14. The summed E-state index contributed by atoms with van der Waals surface area (Å²) >= 11 is 8.83. The van der Waals surface area contributed by atoms with Gasteiger partial charge in [0.05, 0.1) is 28.6 Å². The number of fused-ring (bicyclic) bond motifs is 1. The lowest BCUT2D eigenvalue weighted by molar-refractivity contribution is -0.118. The van der Waals surface area contributed by atoms with Crippen molar-refractivity contribution < 1.29 is 4.79 Å². The van der Waals surface area contributed by atoms with Crippen LogP contribution in [0.25, 0.3) is 16.6 Å². The average Bonchev–Trinajstić information content (AvgIpc) is 2.84. The Bertz CT molecular complexity index is 1370. The average molecular weight is 495 g/mol. The molecule has 0 aliphatic carbocycles. The van der Waals surface area contributed by atoms with E-state index in [0.717, 1.165) is 22.2 Å². The van der Waals surface area contributed by atoms with Crippen molar-refractivity contribution in [2.24, 2.45) is 5.10 Å². The molecule has 0 fully saturated rings. The molecule has 4 aromatic rings. The molecule has 3 aromatic carbocycles. The van der Waals surface area contributed by atoms with E-state index in [0.29, 0.717) is 26.8 Å². The Balaban J connectivity index is 1.53. The number of hydrogen-bond acceptors (Lipinski definition) is 6. The Hall–Kier alpha value is -3.07. The standard InChI is InChI=1S/C24H19ClN4O2S2/c1-32-19-12-6-16(7-13-19)14-26-28-22(30)15-33-24-27-21-5-3-2-4-20(21)23(31)29(24)18-10-8-17(25)9-11-18/h2-14H,15H2,1H3,(H,28,30)/b26-14-. The van der Waals surface area contributed by atoms with Crippen LogP contribution in [0.1, 0.15) is 5.56 Å². The molecule has 0 aliphatic heterocycles. The number of rotatable bonds is 7. The van der Waals surface area contributed by atoms with Gasteiger partial charge in [-0.25, -0.2) is 10.4 Å². The van der Waals surface area contributed by atoms with E-state index in [4.69, 9.17) is 11.6 Å². The SMILES string of the molecule is CSc1ccc(/C=N\NC(=O)CSc2nc3ccccc3c(=O)n2-c2ccc(Cl)cc2)cc1. The van der Waals surface area contributed by atoms with Crippen LogP contribution in [-0.4, -0.2) is 33.7 Å². The second-order valence-corrected chi connectivity index (χ2v) is 9.14. The number of aromatic nitrogens is 2. The van der Waals surface area contributed by atoms with E-state index in [1.165, 1.54) is 4.57 Å². The quantitative estimate of drug-likeness (QED) is 0.169. The smallest absolute Gasteiger partial charge is 0.266 e. The van der Waals surface area contributed by atoms with Crippen molar-refractivity contribution in [3.63, 3.8) is 0 Å². The number of carbonyl (C=O) groups is 1. The van der Waals surface area contributed by atoms with Crippen LogP contribution in [0, 0.1) is 0 Å². The van der Waals surface area contributed by atoms with Crippen molar-refractivity contribution >= 4 is 58.1 Å². The van der Waals surface area contributed by atoms with Gasteiger partial charge < -0.3 is 0 Å². The summed E-state index contributed by atoms with van der Waals surface area (Å²) in [5.74, 6) is -0.261. The normalized spacial score (nSPS) is 11.2. The number of nitrogens with zero attached hydrogens (tertiary/aromatic N) is 3. The summed E-state index contributed by atoms with van der Waals surface area (Å²) in [6, 6.07) is 21.9. The van der Waals surface area contributed by atoms with Gasteiger partial charge in [0.2, 0.25) is 0 Å². The Kier molecular flexibility index (Phi) is 7.49. The van der Waals surface area contributed by atoms with E-state index in [1.54, 1.807) is 60.4 Å². The Labute approximate surface area is 204 Å². The Morgan fingerprint density at radius 3 is 2.55 bits per heavy atom. The highest BCUT2D eigenvalue weighted by Crippen LogP contribution is 2.22. The third-order valence-corrected chi connectivity index (χ3v) is 6.61. The summed E-state index contributed by atoms with van der Waals surface area (Å²) in [6.07, 6.45) is 3.60. The number of hydrazone groups is 1. The van der Waals surface area contributed by atoms with Gasteiger partial charge >= 0.3 is 0 Å². The number of carbonyl (C=O) groups excluding carboxylic acids is 1.